The van der Waals surface area contributed by atoms with Gasteiger partial charge in [0.1, 0.15) is 10.6 Å². The molecular formula is C17H14O9S. The third-order valence-electron chi connectivity index (χ3n) is 3.34. The fraction of sp³-hybridized carbons (Fsp3) is 0.118. The molecule has 0 aliphatic carbocycles. The lowest BCUT2D eigenvalue weighted by molar-refractivity contribution is 0.0596. The van der Waals surface area contributed by atoms with Gasteiger partial charge in [0.25, 0.3) is 0 Å². The Morgan fingerprint density at radius 2 is 1.30 bits per heavy atom. The van der Waals surface area contributed by atoms with Crippen LogP contribution in [0.3, 0.4) is 0 Å². The first-order valence-corrected chi connectivity index (χ1v) is 8.68. The molecule has 0 atom stereocenters. The molecule has 0 aliphatic rings. The van der Waals surface area contributed by atoms with Crippen LogP contribution in [0.1, 0.15) is 31.1 Å². The van der Waals surface area contributed by atoms with Crippen LogP contribution in [0, 0.1) is 0 Å². The van der Waals surface area contributed by atoms with Crippen molar-refractivity contribution in [1.82, 2.24) is 0 Å². The molecule has 2 aromatic rings. The van der Waals surface area contributed by atoms with Crippen LogP contribution in [-0.2, 0) is 19.6 Å². The largest absolute Gasteiger partial charge is 0.478 e. The van der Waals surface area contributed by atoms with Crippen molar-refractivity contribution < 1.29 is 41.6 Å². The van der Waals surface area contributed by atoms with Crippen molar-refractivity contribution in [3.63, 3.8) is 0 Å². The molecule has 0 saturated heterocycles. The summed E-state index contributed by atoms with van der Waals surface area (Å²) < 4.78 is 39.0. The van der Waals surface area contributed by atoms with Gasteiger partial charge in [-0.15, -0.1) is 0 Å². The summed E-state index contributed by atoms with van der Waals surface area (Å²) in [5, 5.41) is 8.85. The summed E-state index contributed by atoms with van der Waals surface area (Å²) in [7, 11) is -2.24. The maximum Gasteiger partial charge on any atom is 0.339 e. The molecule has 0 heterocycles. The van der Waals surface area contributed by atoms with Gasteiger partial charge in [0.05, 0.1) is 30.9 Å². The molecule has 2 aromatic carbocycles. The summed E-state index contributed by atoms with van der Waals surface area (Å²) in [6.07, 6.45) is 0. The van der Waals surface area contributed by atoms with Gasteiger partial charge in [0.15, 0.2) is 0 Å². The van der Waals surface area contributed by atoms with Crippen molar-refractivity contribution in [3.05, 3.63) is 59.2 Å². The van der Waals surface area contributed by atoms with Gasteiger partial charge in [-0.1, -0.05) is 0 Å². The molecule has 0 fully saturated rings. The third kappa shape index (κ3) is 4.61. The van der Waals surface area contributed by atoms with E-state index >= 15 is 0 Å². The van der Waals surface area contributed by atoms with Crippen molar-refractivity contribution in [1.29, 1.82) is 0 Å². The van der Waals surface area contributed by atoms with Gasteiger partial charge in [-0.25, -0.2) is 14.4 Å². The molecule has 142 valence electrons. The highest BCUT2D eigenvalue weighted by Gasteiger charge is 2.23. The number of hydrogen-bond donors (Lipinski definition) is 1. The summed E-state index contributed by atoms with van der Waals surface area (Å²) in [5.74, 6) is -3.05. The number of aromatic carboxylic acids is 1. The summed E-state index contributed by atoms with van der Waals surface area (Å²) in [4.78, 5) is 33.9. The number of ether oxygens (including phenoxy) is 2. The van der Waals surface area contributed by atoms with Gasteiger partial charge < -0.3 is 18.8 Å². The zero-order valence-corrected chi connectivity index (χ0v) is 15.0. The maximum absolute atomic E-state index is 12.5. The molecule has 0 aromatic heterocycles. The summed E-state index contributed by atoms with van der Waals surface area (Å²) in [5.41, 5.74) is -0.437. The molecule has 10 heteroatoms. The molecule has 0 aliphatic heterocycles. The number of methoxy groups -OCH3 is 2. The average Bonchev–Trinajstić information content (AvgIpc) is 2.66. The molecule has 0 saturated carbocycles. The molecule has 0 radical (unpaired) electrons. The van der Waals surface area contributed by atoms with Gasteiger partial charge >= 0.3 is 28.0 Å². The molecule has 9 nitrogen and oxygen atoms in total. The van der Waals surface area contributed by atoms with Crippen molar-refractivity contribution in [2.75, 3.05) is 14.2 Å². The molecular weight excluding hydrogens is 380 g/mol. The van der Waals surface area contributed by atoms with E-state index in [1.165, 1.54) is 0 Å². The van der Waals surface area contributed by atoms with E-state index in [0.717, 1.165) is 56.7 Å². The Balaban J connectivity index is 2.45. The van der Waals surface area contributed by atoms with Crippen molar-refractivity contribution in [3.8, 4) is 5.75 Å². The van der Waals surface area contributed by atoms with E-state index in [-0.39, 0.29) is 22.4 Å². The van der Waals surface area contributed by atoms with Crippen LogP contribution in [0.15, 0.2) is 47.4 Å². The highest BCUT2D eigenvalue weighted by molar-refractivity contribution is 7.87. The van der Waals surface area contributed by atoms with E-state index in [1.54, 1.807) is 0 Å². The number of carboxylic acids is 1. The number of benzene rings is 2. The minimum Gasteiger partial charge on any atom is -0.478 e. The van der Waals surface area contributed by atoms with Crippen LogP contribution < -0.4 is 4.18 Å². The maximum atomic E-state index is 12.5. The van der Waals surface area contributed by atoms with E-state index < -0.39 is 32.9 Å². The second kappa shape index (κ2) is 7.87. The minimum absolute atomic E-state index is 0.0552. The molecule has 0 spiro atoms. The van der Waals surface area contributed by atoms with Crippen molar-refractivity contribution in [2.24, 2.45) is 0 Å². The summed E-state index contributed by atoms with van der Waals surface area (Å²) in [6, 6.07) is 7.74. The number of hydrogen-bond acceptors (Lipinski definition) is 8. The zero-order valence-electron chi connectivity index (χ0n) is 14.2. The van der Waals surface area contributed by atoms with Crippen LogP contribution in [-0.4, -0.2) is 45.7 Å². The predicted molar refractivity (Wildman–Crippen MR) is 90.3 cm³/mol. The molecule has 0 bridgehead atoms. The standard InChI is InChI=1S/C17H14O9S/c1-24-16(20)11-7-12(17(21)25-2)9-14(8-11)27(22,23)26-13-5-3-10(4-6-13)15(18)19/h3-9H,1-2H3,(H,18,19). The Kier molecular flexibility index (Phi) is 5.81. The smallest absolute Gasteiger partial charge is 0.339 e. The second-order valence-electron chi connectivity index (χ2n) is 5.10. The van der Waals surface area contributed by atoms with Gasteiger partial charge in [-0.2, -0.15) is 8.42 Å². The highest BCUT2D eigenvalue weighted by Crippen LogP contribution is 2.22. The normalized spacial score (nSPS) is 10.7. The average molecular weight is 394 g/mol. The number of esters is 2. The van der Waals surface area contributed by atoms with Gasteiger partial charge in [0, 0.05) is 0 Å². The van der Waals surface area contributed by atoms with Crippen LogP contribution in [0.5, 0.6) is 5.75 Å². The quantitative estimate of drug-likeness (QED) is 0.574. The first kappa shape index (κ1) is 19.9. The van der Waals surface area contributed by atoms with Crippen molar-refractivity contribution >= 4 is 28.0 Å². The Bertz CT molecular complexity index is 957. The number of carboxylic acid groups (broad SMARTS) is 1. The zero-order chi connectivity index (χ0) is 20.2. The molecule has 27 heavy (non-hydrogen) atoms. The van der Waals surface area contributed by atoms with Crippen molar-refractivity contribution in [2.45, 2.75) is 4.90 Å². The first-order valence-electron chi connectivity index (χ1n) is 7.27. The molecule has 1 N–H and O–H groups in total. The lowest BCUT2D eigenvalue weighted by atomic mass is 10.1. The van der Waals surface area contributed by atoms with E-state index in [9.17, 15) is 22.8 Å². The van der Waals surface area contributed by atoms with E-state index in [1.807, 2.05) is 0 Å². The van der Waals surface area contributed by atoms with Crippen LogP contribution in [0.25, 0.3) is 0 Å². The number of carbonyl (C=O) groups is 3. The third-order valence-corrected chi connectivity index (χ3v) is 4.57. The first-order chi connectivity index (χ1) is 12.7. The Hall–Kier alpha value is -3.40. The summed E-state index contributed by atoms with van der Waals surface area (Å²) >= 11 is 0. The van der Waals surface area contributed by atoms with E-state index in [2.05, 4.69) is 9.47 Å². The topological polar surface area (TPSA) is 133 Å². The number of rotatable bonds is 6. The minimum atomic E-state index is -4.44. The highest BCUT2D eigenvalue weighted by atomic mass is 32.2. The van der Waals surface area contributed by atoms with Gasteiger partial charge in [0.2, 0.25) is 0 Å². The SMILES string of the molecule is COC(=O)c1cc(C(=O)OC)cc(S(=O)(=O)Oc2ccc(C(=O)O)cc2)c1. The van der Waals surface area contributed by atoms with Gasteiger partial charge in [-0.3, -0.25) is 0 Å². The van der Waals surface area contributed by atoms with E-state index in [0.29, 0.717) is 0 Å². The van der Waals surface area contributed by atoms with Gasteiger partial charge in [-0.05, 0) is 42.5 Å². The van der Waals surface area contributed by atoms with E-state index in [4.69, 9.17) is 9.29 Å². The molecule has 2 rings (SSSR count). The fourth-order valence-corrected chi connectivity index (χ4v) is 3.05. The Morgan fingerprint density at radius 1 is 0.815 bits per heavy atom. The fourth-order valence-electron chi connectivity index (χ4n) is 2.04. The molecule has 0 unspecified atom stereocenters. The Morgan fingerprint density at radius 3 is 1.70 bits per heavy atom. The Labute approximate surface area is 154 Å². The van der Waals surface area contributed by atoms with Crippen LogP contribution >= 0.6 is 0 Å². The number of carbonyl (C=O) groups excluding carboxylic acids is 2. The summed E-state index contributed by atoms with van der Waals surface area (Å²) in [6.45, 7) is 0. The lowest BCUT2D eigenvalue weighted by Crippen LogP contribution is -2.14. The lowest BCUT2D eigenvalue weighted by Gasteiger charge is -2.10. The second-order valence-corrected chi connectivity index (χ2v) is 6.64. The monoisotopic (exact) mass is 394 g/mol. The van der Waals surface area contributed by atoms with Crippen LogP contribution in [0.4, 0.5) is 0 Å². The predicted octanol–water partition coefficient (Wildman–Crippen LogP) is 1.73. The van der Waals surface area contributed by atoms with Crippen LogP contribution in [0.2, 0.25) is 0 Å². The molecule has 0 amide bonds.